The Balaban J connectivity index is 1.97. The zero-order chi connectivity index (χ0) is 14.6. The molecule has 20 heavy (non-hydrogen) atoms. The lowest BCUT2D eigenvalue weighted by Crippen LogP contribution is -2.48. The first-order valence-corrected chi connectivity index (χ1v) is 7.47. The molecule has 4 heteroatoms. The van der Waals surface area contributed by atoms with Crippen molar-refractivity contribution in [2.75, 3.05) is 31.1 Å². The highest BCUT2D eigenvalue weighted by atomic mass is 19.1. The fraction of sp³-hybridized carbons (Fsp3) is 0.625. The maximum atomic E-state index is 13.4. The van der Waals surface area contributed by atoms with Crippen LogP contribution in [0.5, 0.6) is 0 Å². The number of benzene rings is 1. The quantitative estimate of drug-likeness (QED) is 0.804. The van der Waals surface area contributed by atoms with E-state index in [0.29, 0.717) is 0 Å². The minimum absolute atomic E-state index is 0.122. The van der Waals surface area contributed by atoms with Crippen molar-refractivity contribution in [2.45, 2.75) is 38.6 Å². The molecule has 3 nitrogen and oxygen atoms in total. The Morgan fingerprint density at radius 2 is 2.25 bits per heavy atom. The Morgan fingerprint density at radius 1 is 1.45 bits per heavy atom. The zero-order valence-corrected chi connectivity index (χ0v) is 12.5. The van der Waals surface area contributed by atoms with E-state index in [-0.39, 0.29) is 18.0 Å². The molecule has 0 aromatic heterocycles. The fourth-order valence-electron chi connectivity index (χ4n) is 2.68. The highest BCUT2D eigenvalue weighted by Crippen LogP contribution is 2.29. The fourth-order valence-corrected chi connectivity index (χ4v) is 2.68. The predicted octanol–water partition coefficient (Wildman–Crippen LogP) is 2.33. The highest BCUT2D eigenvalue weighted by molar-refractivity contribution is 5.58. The molecular weight excluding hydrogens is 255 g/mol. The van der Waals surface area contributed by atoms with Crippen molar-refractivity contribution in [3.05, 3.63) is 29.6 Å². The molecule has 1 atom stereocenters. The predicted molar refractivity (Wildman–Crippen MR) is 80.7 cm³/mol. The summed E-state index contributed by atoms with van der Waals surface area (Å²) in [4.78, 5) is 2.22. The maximum absolute atomic E-state index is 13.4. The minimum Gasteiger partial charge on any atom is -0.394 e. The largest absolute Gasteiger partial charge is 0.394 e. The molecule has 0 saturated heterocycles. The van der Waals surface area contributed by atoms with Gasteiger partial charge in [0.05, 0.1) is 6.61 Å². The third-order valence-corrected chi connectivity index (χ3v) is 4.12. The topological polar surface area (TPSA) is 35.5 Å². The Hall–Kier alpha value is -1.13. The summed E-state index contributed by atoms with van der Waals surface area (Å²) in [5, 5.41) is 13.0. The number of anilines is 1. The van der Waals surface area contributed by atoms with Crippen LogP contribution in [0, 0.1) is 5.82 Å². The van der Waals surface area contributed by atoms with Crippen LogP contribution in [0.15, 0.2) is 18.2 Å². The van der Waals surface area contributed by atoms with Gasteiger partial charge in [0.2, 0.25) is 0 Å². The molecule has 0 aliphatic carbocycles. The molecule has 1 heterocycles. The third-order valence-electron chi connectivity index (χ3n) is 4.12. The molecule has 1 aromatic rings. The van der Waals surface area contributed by atoms with Gasteiger partial charge in [-0.1, -0.05) is 13.0 Å². The Kier molecular flexibility index (Phi) is 5.00. The molecule has 0 amide bonds. The van der Waals surface area contributed by atoms with Crippen molar-refractivity contribution >= 4 is 5.69 Å². The number of nitrogens with zero attached hydrogens (tertiary/aromatic N) is 1. The van der Waals surface area contributed by atoms with Gasteiger partial charge < -0.3 is 15.3 Å². The molecule has 0 fully saturated rings. The normalized spacial score (nSPS) is 17.1. The maximum Gasteiger partial charge on any atom is 0.125 e. The van der Waals surface area contributed by atoms with Crippen LogP contribution in [0.1, 0.15) is 32.3 Å². The van der Waals surface area contributed by atoms with Crippen molar-refractivity contribution in [1.29, 1.82) is 0 Å². The van der Waals surface area contributed by atoms with Crippen molar-refractivity contribution in [3.63, 3.8) is 0 Å². The van der Waals surface area contributed by atoms with Gasteiger partial charge in [0.1, 0.15) is 5.82 Å². The number of nitrogens with one attached hydrogen (secondary N) is 1. The van der Waals surface area contributed by atoms with E-state index in [1.807, 2.05) is 13.0 Å². The first-order valence-electron chi connectivity index (χ1n) is 7.47. The van der Waals surface area contributed by atoms with Crippen molar-refractivity contribution in [2.24, 2.45) is 0 Å². The van der Waals surface area contributed by atoms with Crippen LogP contribution in [0.3, 0.4) is 0 Å². The van der Waals surface area contributed by atoms with E-state index >= 15 is 0 Å². The summed E-state index contributed by atoms with van der Waals surface area (Å²) in [7, 11) is 0. The van der Waals surface area contributed by atoms with Crippen LogP contribution >= 0.6 is 0 Å². The van der Waals surface area contributed by atoms with Crippen molar-refractivity contribution < 1.29 is 9.50 Å². The van der Waals surface area contributed by atoms with E-state index < -0.39 is 0 Å². The van der Waals surface area contributed by atoms with Crippen LogP contribution in [0.4, 0.5) is 10.1 Å². The van der Waals surface area contributed by atoms with E-state index in [0.717, 1.165) is 44.6 Å². The molecule has 112 valence electrons. The number of aliphatic hydroxyl groups excluding tert-OH is 1. The second kappa shape index (κ2) is 6.55. The molecule has 1 unspecified atom stereocenters. The smallest absolute Gasteiger partial charge is 0.125 e. The van der Waals surface area contributed by atoms with Gasteiger partial charge in [0.25, 0.3) is 0 Å². The number of aliphatic hydroxyl groups is 1. The molecule has 0 bridgehead atoms. The van der Waals surface area contributed by atoms with Gasteiger partial charge in [0, 0.05) is 24.3 Å². The van der Waals surface area contributed by atoms with Crippen LogP contribution in [-0.2, 0) is 6.42 Å². The third kappa shape index (κ3) is 3.49. The Bertz CT molecular complexity index is 452. The summed E-state index contributed by atoms with van der Waals surface area (Å²) in [6.45, 7) is 6.97. The summed E-state index contributed by atoms with van der Waals surface area (Å²) in [5.41, 5.74) is 1.98. The average molecular weight is 280 g/mol. The number of rotatable bonds is 7. The summed E-state index contributed by atoms with van der Waals surface area (Å²) < 4.78 is 13.4. The van der Waals surface area contributed by atoms with Gasteiger partial charge in [-0.3, -0.25) is 0 Å². The lowest BCUT2D eigenvalue weighted by atomic mass is 9.98. The monoisotopic (exact) mass is 280 g/mol. The Morgan fingerprint density at radius 3 is 2.95 bits per heavy atom. The summed E-state index contributed by atoms with van der Waals surface area (Å²) >= 11 is 0. The van der Waals surface area contributed by atoms with E-state index in [2.05, 4.69) is 17.1 Å². The van der Waals surface area contributed by atoms with Crippen molar-refractivity contribution in [3.8, 4) is 0 Å². The molecule has 1 aliphatic rings. The molecular formula is C16H25FN2O. The number of hydrogen-bond acceptors (Lipinski definition) is 3. The summed E-state index contributed by atoms with van der Waals surface area (Å²) in [5.74, 6) is -0.176. The summed E-state index contributed by atoms with van der Waals surface area (Å²) in [6, 6.07) is 5.03. The SMILES string of the molecule is CCCNC(C)(CO)CCN1CCc2ccc(F)cc21. The first kappa shape index (κ1) is 15.3. The lowest BCUT2D eigenvalue weighted by molar-refractivity contribution is 0.167. The zero-order valence-electron chi connectivity index (χ0n) is 12.5. The standard InChI is InChI=1S/C16H25FN2O/c1-3-8-18-16(2,12-20)7-10-19-9-6-13-4-5-14(17)11-15(13)19/h4-5,11,18,20H,3,6-10,12H2,1-2H3. The molecule has 1 aliphatic heterocycles. The second-order valence-electron chi connectivity index (χ2n) is 5.91. The molecule has 2 rings (SSSR count). The molecule has 0 spiro atoms. The molecule has 0 radical (unpaired) electrons. The van der Waals surface area contributed by atoms with E-state index in [1.54, 1.807) is 6.07 Å². The summed E-state index contributed by atoms with van der Waals surface area (Å²) in [6.07, 6.45) is 2.88. The highest BCUT2D eigenvalue weighted by Gasteiger charge is 2.25. The minimum atomic E-state index is -0.258. The van der Waals surface area contributed by atoms with Gasteiger partial charge >= 0.3 is 0 Å². The first-order chi connectivity index (χ1) is 9.58. The van der Waals surface area contributed by atoms with Crippen LogP contribution in [0.25, 0.3) is 0 Å². The molecule has 0 saturated carbocycles. The molecule has 2 N–H and O–H groups in total. The van der Waals surface area contributed by atoms with E-state index in [4.69, 9.17) is 0 Å². The van der Waals surface area contributed by atoms with Crippen LogP contribution in [0.2, 0.25) is 0 Å². The van der Waals surface area contributed by atoms with E-state index in [1.165, 1.54) is 11.6 Å². The van der Waals surface area contributed by atoms with Gasteiger partial charge in [-0.25, -0.2) is 4.39 Å². The number of fused-ring (bicyclic) bond motifs is 1. The second-order valence-corrected chi connectivity index (χ2v) is 5.91. The van der Waals surface area contributed by atoms with Gasteiger partial charge in [-0.05, 0) is 50.4 Å². The van der Waals surface area contributed by atoms with Gasteiger partial charge in [-0.15, -0.1) is 0 Å². The van der Waals surface area contributed by atoms with E-state index in [9.17, 15) is 9.50 Å². The van der Waals surface area contributed by atoms with Crippen LogP contribution in [-0.4, -0.2) is 36.9 Å². The van der Waals surface area contributed by atoms with Gasteiger partial charge in [-0.2, -0.15) is 0 Å². The number of halogens is 1. The lowest BCUT2D eigenvalue weighted by Gasteiger charge is -2.31. The average Bonchev–Trinajstić information content (AvgIpc) is 2.85. The Labute approximate surface area is 120 Å². The molecule has 1 aromatic carbocycles. The number of hydrogen-bond donors (Lipinski definition) is 2. The van der Waals surface area contributed by atoms with Crippen LogP contribution < -0.4 is 10.2 Å². The van der Waals surface area contributed by atoms with Gasteiger partial charge in [0.15, 0.2) is 0 Å². The van der Waals surface area contributed by atoms with Crippen molar-refractivity contribution in [1.82, 2.24) is 5.32 Å².